The lowest BCUT2D eigenvalue weighted by Crippen LogP contribution is -2.08. The van der Waals surface area contributed by atoms with Gasteiger partial charge in [-0.3, -0.25) is 9.36 Å². The third-order valence-electron chi connectivity index (χ3n) is 2.80. The zero-order chi connectivity index (χ0) is 12.7. The van der Waals surface area contributed by atoms with Crippen molar-refractivity contribution in [3.8, 4) is 0 Å². The number of aromatic nitrogens is 1. The molecule has 0 fully saturated rings. The average molecular weight is 259 g/mol. The van der Waals surface area contributed by atoms with Crippen LogP contribution in [0.3, 0.4) is 0 Å². The van der Waals surface area contributed by atoms with Crippen molar-refractivity contribution in [2.45, 2.75) is 0 Å². The maximum Gasteiger partial charge on any atom is 0.419 e. The Morgan fingerprint density at radius 2 is 2.17 bits per heavy atom. The molecule has 0 amide bonds. The van der Waals surface area contributed by atoms with Gasteiger partial charge in [0.15, 0.2) is 5.58 Å². The van der Waals surface area contributed by atoms with E-state index in [1.54, 1.807) is 31.3 Å². The predicted molar refractivity (Wildman–Crippen MR) is 69.2 cm³/mol. The van der Waals surface area contributed by atoms with Crippen LogP contribution in [0.2, 0.25) is 0 Å². The number of nitrogens with zero attached hydrogens (tertiary/aromatic N) is 1. The van der Waals surface area contributed by atoms with E-state index in [0.29, 0.717) is 21.5 Å². The van der Waals surface area contributed by atoms with Crippen LogP contribution in [0.15, 0.2) is 44.9 Å². The van der Waals surface area contributed by atoms with Crippen LogP contribution in [-0.4, -0.2) is 10.4 Å². The highest BCUT2D eigenvalue weighted by Gasteiger charge is 2.13. The van der Waals surface area contributed by atoms with Crippen molar-refractivity contribution < 1.29 is 9.21 Å². The Labute approximate surface area is 106 Å². The van der Waals surface area contributed by atoms with E-state index >= 15 is 0 Å². The van der Waals surface area contributed by atoms with Gasteiger partial charge in [-0.05, 0) is 29.6 Å². The first kappa shape index (κ1) is 11.0. The molecule has 0 saturated carbocycles. The minimum Gasteiger partial charge on any atom is -0.408 e. The SMILES string of the molecule is Cn1c(=O)oc2cc(C(=O)c3cccs3)ccc21. The molecule has 90 valence electrons. The number of aryl methyl sites for hydroxylation is 1. The number of hydrogen-bond donors (Lipinski definition) is 0. The van der Waals surface area contributed by atoms with E-state index in [1.807, 2.05) is 11.4 Å². The summed E-state index contributed by atoms with van der Waals surface area (Å²) >= 11 is 1.39. The summed E-state index contributed by atoms with van der Waals surface area (Å²) in [6, 6.07) is 8.65. The summed E-state index contributed by atoms with van der Waals surface area (Å²) in [6.07, 6.45) is 0. The highest BCUT2D eigenvalue weighted by molar-refractivity contribution is 7.12. The summed E-state index contributed by atoms with van der Waals surface area (Å²) in [5, 5.41) is 1.86. The fraction of sp³-hybridized carbons (Fsp3) is 0.0769. The molecule has 3 aromatic rings. The van der Waals surface area contributed by atoms with Gasteiger partial charge in [0.25, 0.3) is 0 Å². The molecule has 2 aromatic heterocycles. The van der Waals surface area contributed by atoms with Gasteiger partial charge in [0.2, 0.25) is 5.78 Å². The van der Waals surface area contributed by atoms with Crippen molar-refractivity contribution in [3.05, 3.63) is 56.7 Å². The van der Waals surface area contributed by atoms with Gasteiger partial charge in [0, 0.05) is 12.6 Å². The second-order valence-electron chi connectivity index (χ2n) is 3.92. The van der Waals surface area contributed by atoms with E-state index in [1.165, 1.54) is 15.9 Å². The topological polar surface area (TPSA) is 52.2 Å². The van der Waals surface area contributed by atoms with E-state index < -0.39 is 5.76 Å². The van der Waals surface area contributed by atoms with Crippen molar-refractivity contribution in [2.24, 2.45) is 7.05 Å². The summed E-state index contributed by atoms with van der Waals surface area (Å²) < 4.78 is 6.48. The lowest BCUT2D eigenvalue weighted by atomic mass is 10.1. The Kier molecular flexibility index (Phi) is 2.41. The fourth-order valence-electron chi connectivity index (χ4n) is 1.83. The monoisotopic (exact) mass is 259 g/mol. The predicted octanol–water partition coefficient (Wildman–Crippen LogP) is 2.42. The van der Waals surface area contributed by atoms with Crippen LogP contribution in [0.25, 0.3) is 11.1 Å². The molecule has 0 saturated heterocycles. The van der Waals surface area contributed by atoms with E-state index in [4.69, 9.17) is 4.42 Å². The van der Waals surface area contributed by atoms with Gasteiger partial charge in [-0.15, -0.1) is 11.3 Å². The molecule has 0 aliphatic rings. The van der Waals surface area contributed by atoms with Crippen LogP contribution < -0.4 is 5.76 Å². The molecule has 1 aromatic carbocycles. The number of ketones is 1. The van der Waals surface area contributed by atoms with Crippen LogP contribution >= 0.6 is 11.3 Å². The molecule has 3 rings (SSSR count). The zero-order valence-electron chi connectivity index (χ0n) is 9.54. The highest BCUT2D eigenvalue weighted by atomic mass is 32.1. The summed E-state index contributed by atoms with van der Waals surface area (Å²) in [6.45, 7) is 0. The Balaban J connectivity index is 2.14. The molecule has 0 bridgehead atoms. The minimum atomic E-state index is -0.425. The number of benzene rings is 1. The van der Waals surface area contributed by atoms with E-state index in [0.717, 1.165) is 0 Å². The molecule has 0 radical (unpaired) electrons. The molecule has 0 aliphatic carbocycles. The van der Waals surface area contributed by atoms with Gasteiger partial charge in [0.1, 0.15) is 0 Å². The average Bonchev–Trinajstić information content (AvgIpc) is 2.98. The summed E-state index contributed by atoms with van der Waals surface area (Å²) in [5.41, 5.74) is 1.65. The summed E-state index contributed by atoms with van der Waals surface area (Å²) in [5.74, 6) is -0.482. The standard InChI is InChI=1S/C13H9NO3S/c1-14-9-5-4-8(7-10(9)17-13(14)16)12(15)11-3-2-6-18-11/h2-7H,1H3. The summed E-state index contributed by atoms with van der Waals surface area (Å²) in [7, 11) is 1.63. The molecule has 0 unspecified atom stereocenters. The van der Waals surface area contributed by atoms with Crippen molar-refractivity contribution >= 4 is 28.2 Å². The van der Waals surface area contributed by atoms with Crippen LogP contribution in [0.5, 0.6) is 0 Å². The third kappa shape index (κ3) is 1.60. The smallest absolute Gasteiger partial charge is 0.408 e. The Bertz CT molecular complexity index is 780. The molecular weight excluding hydrogens is 250 g/mol. The molecule has 0 aliphatic heterocycles. The van der Waals surface area contributed by atoms with E-state index in [-0.39, 0.29) is 5.78 Å². The first-order chi connectivity index (χ1) is 8.66. The third-order valence-corrected chi connectivity index (χ3v) is 3.67. The van der Waals surface area contributed by atoms with Crippen molar-refractivity contribution in [2.75, 3.05) is 0 Å². The Hall–Kier alpha value is -2.14. The van der Waals surface area contributed by atoms with Crippen molar-refractivity contribution in [3.63, 3.8) is 0 Å². The number of oxazole rings is 1. The normalized spacial score (nSPS) is 10.9. The van der Waals surface area contributed by atoms with Crippen LogP contribution in [-0.2, 0) is 7.05 Å². The second-order valence-corrected chi connectivity index (χ2v) is 4.86. The lowest BCUT2D eigenvalue weighted by Gasteiger charge is -1.98. The molecule has 5 heteroatoms. The van der Waals surface area contributed by atoms with Gasteiger partial charge >= 0.3 is 5.76 Å². The first-order valence-electron chi connectivity index (χ1n) is 5.34. The number of carbonyl (C=O) groups excluding carboxylic acids is 1. The molecular formula is C13H9NO3S. The largest absolute Gasteiger partial charge is 0.419 e. The van der Waals surface area contributed by atoms with E-state index in [9.17, 15) is 9.59 Å². The molecule has 4 nitrogen and oxygen atoms in total. The van der Waals surface area contributed by atoms with Gasteiger partial charge < -0.3 is 4.42 Å². The van der Waals surface area contributed by atoms with Crippen LogP contribution in [0.4, 0.5) is 0 Å². The number of thiophene rings is 1. The zero-order valence-corrected chi connectivity index (χ0v) is 10.4. The van der Waals surface area contributed by atoms with Crippen LogP contribution in [0.1, 0.15) is 15.2 Å². The van der Waals surface area contributed by atoms with E-state index in [2.05, 4.69) is 0 Å². The Morgan fingerprint density at radius 1 is 1.33 bits per heavy atom. The van der Waals surface area contributed by atoms with Gasteiger partial charge in [0.05, 0.1) is 10.4 Å². The maximum atomic E-state index is 12.1. The molecule has 0 N–H and O–H groups in total. The number of fused-ring (bicyclic) bond motifs is 1. The Morgan fingerprint density at radius 3 is 2.89 bits per heavy atom. The fourth-order valence-corrected chi connectivity index (χ4v) is 2.51. The number of carbonyl (C=O) groups is 1. The summed E-state index contributed by atoms with van der Waals surface area (Å²) in [4.78, 5) is 24.2. The van der Waals surface area contributed by atoms with Crippen molar-refractivity contribution in [1.29, 1.82) is 0 Å². The lowest BCUT2D eigenvalue weighted by molar-refractivity contribution is 0.104. The molecule has 18 heavy (non-hydrogen) atoms. The van der Waals surface area contributed by atoms with Gasteiger partial charge in [-0.2, -0.15) is 0 Å². The molecule has 2 heterocycles. The first-order valence-corrected chi connectivity index (χ1v) is 6.22. The minimum absolute atomic E-state index is 0.0570. The highest BCUT2D eigenvalue weighted by Crippen LogP contribution is 2.19. The number of hydrogen-bond acceptors (Lipinski definition) is 4. The van der Waals surface area contributed by atoms with Gasteiger partial charge in [-0.1, -0.05) is 6.07 Å². The molecule has 0 atom stereocenters. The van der Waals surface area contributed by atoms with Crippen molar-refractivity contribution in [1.82, 2.24) is 4.57 Å². The molecule has 0 spiro atoms. The number of rotatable bonds is 2. The second kappa shape index (κ2) is 3.96. The maximum absolute atomic E-state index is 12.1. The quantitative estimate of drug-likeness (QED) is 0.664. The van der Waals surface area contributed by atoms with Crippen LogP contribution in [0, 0.1) is 0 Å². The van der Waals surface area contributed by atoms with Gasteiger partial charge in [-0.25, -0.2) is 4.79 Å².